The van der Waals surface area contributed by atoms with Crippen LogP contribution in [-0.4, -0.2) is 51.1 Å². The molecule has 20 heavy (non-hydrogen) atoms. The molecule has 0 bridgehead atoms. The van der Waals surface area contributed by atoms with Crippen LogP contribution in [0.2, 0.25) is 0 Å². The predicted octanol–water partition coefficient (Wildman–Crippen LogP) is 1.56. The molecule has 0 saturated heterocycles. The van der Waals surface area contributed by atoms with Gasteiger partial charge in [0.05, 0.1) is 6.61 Å². The number of aromatic nitrogens is 1. The second kappa shape index (κ2) is 8.18. The van der Waals surface area contributed by atoms with Crippen LogP contribution in [0.3, 0.4) is 0 Å². The van der Waals surface area contributed by atoms with E-state index in [0.29, 0.717) is 25.6 Å². The number of hydrogen-bond donors (Lipinski definition) is 1. The first-order chi connectivity index (χ1) is 9.52. The largest absolute Gasteiger partial charge is 0.380 e. The third-order valence-electron chi connectivity index (χ3n) is 2.76. The Labute approximate surface area is 121 Å². The molecule has 0 aromatic carbocycles. The van der Waals surface area contributed by atoms with Crippen LogP contribution in [0.1, 0.15) is 20.3 Å². The van der Waals surface area contributed by atoms with E-state index in [2.05, 4.69) is 17.2 Å². The van der Waals surface area contributed by atoms with Crippen LogP contribution in [0.4, 0.5) is 5.82 Å². The number of rotatable bonds is 9. The van der Waals surface area contributed by atoms with E-state index in [1.807, 2.05) is 6.92 Å². The van der Waals surface area contributed by atoms with E-state index in [4.69, 9.17) is 4.74 Å². The normalized spacial score (nSPS) is 11.8. The van der Waals surface area contributed by atoms with Gasteiger partial charge in [-0.25, -0.2) is 13.4 Å². The SMILES string of the molecule is CCCNc1ccc(S(=O)(=O)N(C)CCOCC)cn1. The third-order valence-corrected chi connectivity index (χ3v) is 4.60. The maximum Gasteiger partial charge on any atom is 0.244 e. The Morgan fingerprint density at radius 3 is 2.65 bits per heavy atom. The maximum absolute atomic E-state index is 12.3. The molecule has 1 rings (SSSR count). The van der Waals surface area contributed by atoms with Crippen molar-refractivity contribution in [3.05, 3.63) is 18.3 Å². The van der Waals surface area contributed by atoms with Gasteiger partial charge in [-0.05, 0) is 25.5 Å². The quantitative estimate of drug-likeness (QED) is 0.701. The van der Waals surface area contributed by atoms with Gasteiger partial charge >= 0.3 is 0 Å². The molecule has 0 atom stereocenters. The molecule has 0 radical (unpaired) electrons. The van der Waals surface area contributed by atoms with Gasteiger partial charge in [0.1, 0.15) is 10.7 Å². The van der Waals surface area contributed by atoms with Crippen molar-refractivity contribution in [3.63, 3.8) is 0 Å². The lowest BCUT2D eigenvalue weighted by Gasteiger charge is -2.17. The summed E-state index contributed by atoms with van der Waals surface area (Å²) in [5.74, 6) is 0.683. The zero-order valence-electron chi connectivity index (χ0n) is 12.3. The molecule has 0 unspecified atom stereocenters. The summed E-state index contributed by atoms with van der Waals surface area (Å²) < 4.78 is 31.0. The number of hydrogen-bond acceptors (Lipinski definition) is 5. The summed E-state index contributed by atoms with van der Waals surface area (Å²) in [6.07, 6.45) is 2.37. The first kappa shape index (κ1) is 16.9. The standard InChI is InChI=1S/C13H23N3O3S/c1-4-8-14-13-7-6-12(11-15-13)20(17,18)16(3)9-10-19-5-2/h6-7,11H,4-5,8-10H2,1-3H3,(H,14,15). The van der Waals surface area contributed by atoms with Gasteiger partial charge in [0, 0.05) is 32.9 Å². The molecule has 7 heteroatoms. The fourth-order valence-corrected chi connectivity index (χ4v) is 2.63. The topological polar surface area (TPSA) is 71.5 Å². The molecule has 1 aromatic heterocycles. The van der Waals surface area contributed by atoms with Gasteiger partial charge in [-0.3, -0.25) is 0 Å². The smallest absolute Gasteiger partial charge is 0.244 e. The van der Waals surface area contributed by atoms with Gasteiger partial charge in [0.2, 0.25) is 10.0 Å². The minimum Gasteiger partial charge on any atom is -0.380 e. The van der Waals surface area contributed by atoms with Crippen molar-refractivity contribution in [3.8, 4) is 0 Å². The van der Waals surface area contributed by atoms with E-state index in [1.54, 1.807) is 12.1 Å². The molecule has 1 heterocycles. The zero-order valence-corrected chi connectivity index (χ0v) is 13.1. The van der Waals surface area contributed by atoms with Crippen molar-refractivity contribution in [1.29, 1.82) is 0 Å². The van der Waals surface area contributed by atoms with E-state index < -0.39 is 10.0 Å². The molecular formula is C13H23N3O3S. The second-order valence-electron chi connectivity index (χ2n) is 4.33. The zero-order chi connectivity index (χ0) is 15.0. The highest BCUT2D eigenvalue weighted by atomic mass is 32.2. The van der Waals surface area contributed by atoms with Crippen LogP contribution in [-0.2, 0) is 14.8 Å². The number of pyridine rings is 1. The first-order valence-electron chi connectivity index (χ1n) is 6.76. The summed E-state index contributed by atoms with van der Waals surface area (Å²) in [5.41, 5.74) is 0. The third kappa shape index (κ3) is 4.73. The highest BCUT2D eigenvalue weighted by Gasteiger charge is 2.20. The molecule has 0 aliphatic heterocycles. The summed E-state index contributed by atoms with van der Waals surface area (Å²) >= 11 is 0. The lowest BCUT2D eigenvalue weighted by molar-refractivity contribution is 0.138. The monoisotopic (exact) mass is 301 g/mol. The summed E-state index contributed by atoms with van der Waals surface area (Å²) in [5, 5.41) is 3.10. The Hall–Kier alpha value is -1.18. The van der Waals surface area contributed by atoms with Crippen molar-refractivity contribution in [1.82, 2.24) is 9.29 Å². The Morgan fingerprint density at radius 2 is 2.10 bits per heavy atom. The van der Waals surface area contributed by atoms with E-state index in [0.717, 1.165) is 13.0 Å². The van der Waals surface area contributed by atoms with Gasteiger partial charge in [-0.2, -0.15) is 4.31 Å². The van der Waals surface area contributed by atoms with Crippen molar-refractivity contribution in [2.24, 2.45) is 0 Å². The predicted molar refractivity (Wildman–Crippen MR) is 79.3 cm³/mol. The minimum atomic E-state index is -3.49. The van der Waals surface area contributed by atoms with Crippen molar-refractivity contribution in [2.45, 2.75) is 25.2 Å². The summed E-state index contributed by atoms with van der Waals surface area (Å²) in [7, 11) is -1.95. The van der Waals surface area contributed by atoms with Crippen LogP contribution in [0.15, 0.2) is 23.2 Å². The van der Waals surface area contributed by atoms with E-state index in [-0.39, 0.29) is 4.90 Å². The Morgan fingerprint density at radius 1 is 1.35 bits per heavy atom. The van der Waals surface area contributed by atoms with Crippen LogP contribution < -0.4 is 5.32 Å². The molecule has 6 nitrogen and oxygen atoms in total. The van der Waals surface area contributed by atoms with Crippen LogP contribution in [0.5, 0.6) is 0 Å². The molecule has 0 saturated carbocycles. The van der Waals surface area contributed by atoms with Gasteiger partial charge in [-0.1, -0.05) is 6.92 Å². The van der Waals surface area contributed by atoms with Crippen molar-refractivity contribution in [2.75, 3.05) is 38.7 Å². The van der Waals surface area contributed by atoms with E-state index >= 15 is 0 Å². The van der Waals surface area contributed by atoms with Crippen LogP contribution >= 0.6 is 0 Å². The molecule has 0 amide bonds. The van der Waals surface area contributed by atoms with Crippen molar-refractivity contribution >= 4 is 15.8 Å². The number of likely N-dealkylation sites (N-methyl/N-ethyl adjacent to an activating group) is 1. The summed E-state index contributed by atoms with van der Waals surface area (Å²) in [4.78, 5) is 4.31. The maximum atomic E-state index is 12.3. The highest BCUT2D eigenvalue weighted by Crippen LogP contribution is 2.14. The molecule has 114 valence electrons. The fourth-order valence-electron chi connectivity index (χ4n) is 1.53. The van der Waals surface area contributed by atoms with Gasteiger partial charge in [0.25, 0.3) is 0 Å². The lowest BCUT2D eigenvalue weighted by Crippen LogP contribution is -2.30. The molecule has 1 aromatic rings. The average Bonchev–Trinajstić information content (AvgIpc) is 2.45. The lowest BCUT2D eigenvalue weighted by atomic mass is 10.4. The Bertz CT molecular complexity index is 488. The van der Waals surface area contributed by atoms with Crippen molar-refractivity contribution < 1.29 is 13.2 Å². The molecular weight excluding hydrogens is 278 g/mol. The van der Waals surface area contributed by atoms with Gasteiger partial charge < -0.3 is 10.1 Å². The highest BCUT2D eigenvalue weighted by molar-refractivity contribution is 7.89. The fraction of sp³-hybridized carbons (Fsp3) is 0.615. The minimum absolute atomic E-state index is 0.193. The number of ether oxygens (including phenoxy) is 1. The van der Waals surface area contributed by atoms with Gasteiger partial charge in [0.15, 0.2) is 0 Å². The van der Waals surface area contributed by atoms with Crippen LogP contribution in [0, 0.1) is 0 Å². The van der Waals surface area contributed by atoms with E-state index in [1.165, 1.54) is 17.5 Å². The molecule has 0 spiro atoms. The summed E-state index contributed by atoms with van der Waals surface area (Å²) in [6.45, 7) is 6.03. The summed E-state index contributed by atoms with van der Waals surface area (Å²) in [6, 6.07) is 3.25. The molecule has 0 fully saturated rings. The number of anilines is 1. The molecule has 0 aliphatic carbocycles. The second-order valence-corrected chi connectivity index (χ2v) is 6.37. The number of nitrogens with zero attached hydrogens (tertiary/aromatic N) is 2. The Balaban J connectivity index is 2.71. The first-order valence-corrected chi connectivity index (χ1v) is 8.20. The average molecular weight is 301 g/mol. The molecule has 0 aliphatic rings. The number of nitrogens with one attached hydrogen (secondary N) is 1. The molecule has 1 N–H and O–H groups in total. The Kier molecular flexibility index (Phi) is 6.90. The van der Waals surface area contributed by atoms with Gasteiger partial charge in [-0.15, -0.1) is 0 Å². The van der Waals surface area contributed by atoms with Crippen LogP contribution in [0.25, 0.3) is 0 Å². The van der Waals surface area contributed by atoms with E-state index in [9.17, 15) is 8.42 Å². The number of sulfonamides is 1.